The highest BCUT2D eigenvalue weighted by Crippen LogP contribution is 2.29. The molecule has 0 bridgehead atoms. The van der Waals surface area contributed by atoms with Gasteiger partial charge < -0.3 is 18.9 Å². The fourth-order valence-corrected chi connectivity index (χ4v) is 2.01. The zero-order chi connectivity index (χ0) is 15.1. The van der Waals surface area contributed by atoms with Crippen molar-refractivity contribution < 1.29 is 18.9 Å². The van der Waals surface area contributed by atoms with Crippen molar-refractivity contribution in [2.24, 2.45) is 0 Å². The van der Waals surface area contributed by atoms with Crippen molar-refractivity contribution in [3.05, 3.63) is 29.2 Å². The van der Waals surface area contributed by atoms with Crippen LogP contribution in [0.15, 0.2) is 18.5 Å². The Labute approximate surface area is 127 Å². The quantitative estimate of drug-likeness (QED) is 0.424. The maximum absolute atomic E-state index is 6.09. The lowest BCUT2D eigenvalue weighted by Crippen LogP contribution is -2.07. The second-order valence-corrected chi connectivity index (χ2v) is 4.60. The molecular formula is C14H17ClN2O4. The van der Waals surface area contributed by atoms with Gasteiger partial charge in [-0.15, -0.1) is 0 Å². The molecule has 2 rings (SSSR count). The van der Waals surface area contributed by atoms with Crippen molar-refractivity contribution in [1.82, 2.24) is 9.97 Å². The van der Waals surface area contributed by atoms with Gasteiger partial charge in [-0.25, -0.2) is 9.97 Å². The summed E-state index contributed by atoms with van der Waals surface area (Å²) >= 11 is 6.09. The number of halogens is 1. The average molecular weight is 313 g/mol. The molecule has 1 aromatic heterocycles. The van der Waals surface area contributed by atoms with Gasteiger partial charge in [0, 0.05) is 25.2 Å². The first-order valence-electron chi connectivity index (χ1n) is 6.37. The summed E-state index contributed by atoms with van der Waals surface area (Å²) in [6, 6.07) is 3.69. The molecule has 0 saturated heterocycles. The molecule has 0 radical (unpaired) electrons. The van der Waals surface area contributed by atoms with Crippen molar-refractivity contribution in [3.8, 4) is 5.75 Å². The van der Waals surface area contributed by atoms with Crippen LogP contribution in [0.3, 0.4) is 0 Å². The summed E-state index contributed by atoms with van der Waals surface area (Å²) in [5, 5.41) is 1.13. The number of fused-ring (bicyclic) bond motifs is 1. The SMILES string of the molecule is COCCOc1cc2c(Cl)ncnc2cc1COCOC. The van der Waals surface area contributed by atoms with Crippen LogP contribution in [0.1, 0.15) is 5.56 Å². The maximum Gasteiger partial charge on any atom is 0.146 e. The molecule has 2 aromatic rings. The number of hydrogen-bond acceptors (Lipinski definition) is 6. The van der Waals surface area contributed by atoms with Crippen LogP contribution in [0.4, 0.5) is 0 Å². The molecule has 7 heteroatoms. The van der Waals surface area contributed by atoms with E-state index >= 15 is 0 Å². The van der Waals surface area contributed by atoms with Crippen LogP contribution in [-0.4, -0.2) is 44.2 Å². The highest BCUT2D eigenvalue weighted by atomic mass is 35.5. The number of benzene rings is 1. The van der Waals surface area contributed by atoms with E-state index in [2.05, 4.69) is 9.97 Å². The fourth-order valence-electron chi connectivity index (χ4n) is 1.81. The fraction of sp³-hybridized carbons (Fsp3) is 0.429. The summed E-state index contributed by atoms with van der Waals surface area (Å²) in [6.07, 6.45) is 1.43. The molecule has 0 amide bonds. The Morgan fingerprint density at radius 1 is 1.10 bits per heavy atom. The van der Waals surface area contributed by atoms with Crippen LogP contribution in [0.25, 0.3) is 10.9 Å². The van der Waals surface area contributed by atoms with Gasteiger partial charge in [0.15, 0.2) is 0 Å². The van der Waals surface area contributed by atoms with Crippen LogP contribution in [-0.2, 0) is 20.8 Å². The minimum Gasteiger partial charge on any atom is -0.491 e. The standard InChI is InChI=1S/C14H17ClN2O4/c1-18-3-4-21-13-6-11-12(16-8-17-14(11)15)5-10(13)7-20-9-19-2/h5-6,8H,3-4,7,9H2,1-2H3. The van der Waals surface area contributed by atoms with Gasteiger partial charge in [-0.2, -0.15) is 0 Å². The number of aromatic nitrogens is 2. The third-order valence-electron chi connectivity index (χ3n) is 2.77. The van der Waals surface area contributed by atoms with Gasteiger partial charge in [0.2, 0.25) is 0 Å². The first kappa shape index (κ1) is 15.9. The Bertz CT molecular complexity index is 594. The molecule has 1 heterocycles. The highest BCUT2D eigenvalue weighted by molar-refractivity contribution is 6.34. The van der Waals surface area contributed by atoms with E-state index in [9.17, 15) is 0 Å². The summed E-state index contributed by atoms with van der Waals surface area (Å²) in [7, 11) is 3.19. The zero-order valence-corrected chi connectivity index (χ0v) is 12.7. The van der Waals surface area contributed by atoms with Crippen LogP contribution >= 0.6 is 11.6 Å². The normalized spacial score (nSPS) is 11.0. The van der Waals surface area contributed by atoms with E-state index < -0.39 is 0 Å². The predicted molar refractivity (Wildman–Crippen MR) is 78.6 cm³/mol. The number of ether oxygens (including phenoxy) is 4. The van der Waals surface area contributed by atoms with Crippen molar-refractivity contribution in [2.75, 3.05) is 34.2 Å². The molecule has 0 aliphatic carbocycles. The largest absolute Gasteiger partial charge is 0.491 e. The Morgan fingerprint density at radius 3 is 2.71 bits per heavy atom. The number of rotatable bonds is 8. The first-order valence-corrected chi connectivity index (χ1v) is 6.75. The van der Waals surface area contributed by atoms with Crippen LogP contribution < -0.4 is 4.74 Å². The van der Waals surface area contributed by atoms with E-state index in [0.717, 1.165) is 16.5 Å². The lowest BCUT2D eigenvalue weighted by atomic mass is 10.1. The number of methoxy groups -OCH3 is 2. The van der Waals surface area contributed by atoms with E-state index in [4.69, 9.17) is 30.5 Å². The second-order valence-electron chi connectivity index (χ2n) is 4.24. The van der Waals surface area contributed by atoms with Gasteiger partial charge in [-0.05, 0) is 12.1 Å². The van der Waals surface area contributed by atoms with E-state index in [1.165, 1.54) is 6.33 Å². The molecule has 6 nitrogen and oxygen atoms in total. The molecule has 0 N–H and O–H groups in total. The monoisotopic (exact) mass is 312 g/mol. The lowest BCUT2D eigenvalue weighted by Gasteiger charge is -2.13. The van der Waals surface area contributed by atoms with E-state index in [-0.39, 0.29) is 6.79 Å². The first-order chi connectivity index (χ1) is 10.3. The Kier molecular flexibility index (Phi) is 6.13. The molecule has 0 saturated carbocycles. The molecule has 21 heavy (non-hydrogen) atoms. The minimum atomic E-state index is 0.208. The summed E-state index contributed by atoms with van der Waals surface area (Å²) in [5.74, 6) is 0.673. The summed E-state index contributed by atoms with van der Waals surface area (Å²) in [4.78, 5) is 8.18. The van der Waals surface area contributed by atoms with Crippen LogP contribution in [0.2, 0.25) is 5.15 Å². The Hall–Kier alpha value is -1.47. The van der Waals surface area contributed by atoms with Crippen molar-refractivity contribution >= 4 is 22.5 Å². The summed E-state index contributed by atoms with van der Waals surface area (Å²) in [5.41, 5.74) is 1.61. The van der Waals surface area contributed by atoms with Gasteiger partial charge in [0.1, 0.15) is 30.6 Å². The van der Waals surface area contributed by atoms with Gasteiger partial charge >= 0.3 is 0 Å². The maximum atomic E-state index is 6.09. The lowest BCUT2D eigenvalue weighted by molar-refractivity contribution is -0.0396. The molecule has 0 aliphatic rings. The van der Waals surface area contributed by atoms with Gasteiger partial charge in [-0.1, -0.05) is 11.6 Å². The Balaban J connectivity index is 2.29. The smallest absolute Gasteiger partial charge is 0.146 e. The Morgan fingerprint density at radius 2 is 1.95 bits per heavy atom. The summed E-state index contributed by atoms with van der Waals surface area (Å²) < 4.78 is 21.0. The number of hydrogen-bond donors (Lipinski definition) is 0. The molecule has 0 unspecified atom stereocenters. The van der Waals surface area contributed by atoms with E-state index in [1.807, 2.05) is 12.1 Å². The van der Waals surface area contributed by atoms with Gasteiger partial charge in [-0.3, -0.25) is 0 Å². The minimum absolute atomic E-state index is 0.208. The van der Waals surface area contributed by atoms with Crippen molar-refractivity contribution in [3.63, 3.8) is 0 Å². The number of nitrogens with zero attached hydrogens (tertiary/aromatic N) is 2. The van der Waals surface area contributed by atoms with Crippen LogP contribution in [0.5, 0.6) is 5.75 Å². The predicted octanol–water partition coefficient (Wildman–Crippen LogP) is 2.43. The van der Waals surface area contributed by atoms with Gasteiger partial charge in [0.25, 0.3) is 0 Å². The van der Waals surface area contributed by atoms with E-state index in [0.29, 0.717) is 30.7 Å². The van der Waals surface area contributed by atoms with Crippen molar-refractivity contribution in [2.45, 2.75) is 6.61 Å². The highest BCUT2D eigenvalue weighted by Gasteiger charge is 2.10. The van der Waals surface area contributed by atoms with Crippen molar-refractivity contribution in [1.29, 1.82) is 0 Å². The van der Waals surface area contributed by atoms with Crippen LogP contribution in [0, 0.1) is 0 Å². The van der Waals surface area contributed by atoms with E-state index in [1.54, 1.807) is 14.2 Å². The summed E-state index contributed by atoms with van der Waals surface area (Å²) in [6.45, 7) is 1.49. The molecule has 0 fully saturated rings. The second kappa shape index (κ2) is 8.09. The topological polar surface area (TPSA) is 62.7 Å². The zero-order valence-electron chi connectivity index (χ0n) is 12.0. The molecule has 0 spiro atoms. The van der Waals surface area contributed by atoms with Gasteiger partial charge in [0.05, 0.1) is 18.7 Å². The third-order valence-corrected chi connectivity index (χ3v) is 3.07. The molecule has 0 aliphatic heterocycles. The molecule has 0 atom stereocenters. The average Bonchev–Trinajstić information content (AvgIpc) is 2.49. The molecular weight excluding hydrogens is 296 g/mol. The molecule has 114 valence electrons. The third kappa shape index (κ3) is 4.25. The molecule has 1 aromatic carbocycles.